The second-order valence-electron chi connectivity index (χ2n) is 5.53. The molecule has 24 heavy (non-hydrogen) atoms. The molecule has 0 saturated heterocycles. The van der Waals surface area contributed by atoms with Crippen molar-refractivity contribution < 1.29 is 14.4 Å². The maximum absolute atomic E-state index is 11.9. The SMILES string of the molecule is CCC.CNC(=O)C(CCC=O)N(C)Cc1c(N)cccc1C=O. The molecule has 0 bridgehead atoms. The van der Waals surface area contributed by atoms with Crippen molar-refractivity contribution in [2.24, 2.45) is 0 Å². The normalized spacial score (nSPS) is 11.2. The van der Waals surface area contributed by atoms with Crippen molar-refractivity contribution >= 4 is 24.2 Å². The Kier molecular flexibility index (Phi) is 11.1. The summed E-state index contributed by atoms with van der Waals surface area (Å²) in [6.45, 7) is 4.61. The lowest BCUT2D eigenvalue weighted by molar-refractivity contribution is -0.126. The summed E-state index contributed by atoms with van der Waals surface area (Å²) in [4.78, 5) is 35.3. The van der Waals surface area contributed by atoms with Crippen molar-refractivity contribution in [2.45, 2.75) is 45.7 Å². The molecule has 1 amide bonds. The molecule has 1 unspecified atom stereocenters. The number of hydrogen-bond acceptors (Lipinski definition) is 5. The molecule has 1 aromatic carbocycles. The zero-order valence-electron chi connectivity index (χ0n) is 15.0. The quantitative estimate of drug-likeness (QED) is 0.560. The maximum Gasteiger partial charge on any atom is 0.237 e. The van der Waals surface area contributed by atoms with E-state index in [1.54, 1.807) is 37.2 Å². The van der Waals surface area contributed by atoms with Crippen molar-refractivity contribution in [3.63, 3.8) is 0 Å². The zero-order valence-corrected chi connectivity index (χ0v) is 15.0. The van der Waals surface area contributed by atoms with Gasteiger partial charge in [-0.15, -0.1) is 0 Å². The second kappa shape index (κ2) is 12.2. The first-order chi connectivity index (χ1) is 11.5. The fourth-order valence-electron chi connectivity index (χ4n) is 2.22. The van der Waals surface area contributed by atoms with E-state index in [0.29, 0.717) is 36.2 Å². The van der Waals surface area contributed by atoms with Crippen LogP contribution in [-0.2, 0) is 16.1 Å². The van der Waals surface area contributed by atoms with E-state index >= 15 is 0 Å². The Bertz CT molecular complexity index is 532. The molecule has 0 heterocycles. The van der Waals surface area contributed by atoms with Crippen LogP contribution in [0.25, 0.3) is 0 Å². The molecule has 0 fully saturated rings. The number of carbonyl (C=O) groups is 3. The van der Waals surface area contributed by atoms with Gasteiger partial charge in [-0.2, -0.15) is 0 Å². The molecule has 1 aromatic rings. The number of nitrogens with two attached hydrogens (primary N) is 1. The highest BCUT2D eigenvalue weighted by Gasteiger charge is 2.23. The van der Waals surface area contributed by atoms with E-state index in [4.69, 9.17) is 5.73 Å². The molecule has 0 aromatic heterocycles. The smallest absolute Gasteiger partial charge is 0.237 e. The summed E-state index contributed by atoms with van der Waals surface area (Å²) in [6, 6.07) is 4.67. The maximum atomic E-state index is 11.9. The molecule has 6 heteroatoms. The predicted molar refractivity (Wildman–Crippen MR) is 96.8 cm³/mol. The van der Waals surface area contributed by atoms with Crippen molar-refractivity contribution in [2.75, 3.05) is 19.8 Å². The Balaban J connectivity index is 0.00000163. The predicted octanol–water partition coefficient (Wildman–Crippen LogP) is 2.02. The molecule has 3 N–H and O–H groups in total. The number of benzene rings is 1. The monoisotopic (exact) mass is 335 g/mol. The lowest BCUT2D eigenvalue weighted by Crippen LogP contribution is -2.43. The van der Waals surface area contributed by atoms with E-state index < -0.39 is 6.04 Å². The van der Waals surface area contributed by atoms with Crippen LogP contribution in [0, 0.1) is 0 Å². The van der Waals surface area contributed by atoms with Crippen LogP contribution in [0.4, 0.5) is 5.69 Å². The van der Waals surface area contributed by atoms with Gasteiger partial charge < -0.3 is 15.8 Å². The first-order valence-electron chi connectivity index (χ1n) is 8.14. The number of anilines is 1. The fourth-order valence-corrected chi connectivity index (χ4v) is 2.22. The van der Waals surface area contributed by atoms with Crippen molar-refractivity contribution in [1.29, 1.82) is 0 Å². The van der Waals surface area contributed by atoms with Crippen molar-refractivity contribution in [3.8, 4) is 0 Å². The average molecular weight is 335 g/mol. The van der Waals surface area contributed by atoms with Gasteiger partial charge in [0, 0.05) is 31.3 Å². The number of likely N-dealkylation sites (N-methyl/N-ethyl adjacent to an activating group) is 2. The third-order valence-electron chi connectivity index (χ3n) is 3.42. The minimum atomic E-state index is -0.445. The summed E-state index contributed by atoms with van der Waals surface area (Å²) in [5.74, 6) is -0.165. The van der Waals surface area contributed by atoms with Crippen molar-refractivity contribution in [1.82, 2.24) is 10.2 Å². The van der Waals surface area contributed by atoms with Crippen molar-refractivity contribution in [3.05, 3.63) is 29.3 Å². The Hall–Kier alpha value is -2.21. The Morgan fingerprint density at radius 2 is 1.96 bits per heavy atom. The van der Waals surface area contributed by atoms with Crippen LogP contribution in [-0.4, -0.2) is 43.5 Å². The standard InChI is InChI=1S/C15H21N3O3.C3H8/c1-17-15(21)14(7-4-8-19)18(2)9-12-11(10-20)5-3-6-13(12)16;1-3-2/h3,5-6,8,10,14H,4,7,9,16H2,1-2H3,(H,17,21);3H2,1-2H3. The van der Waals surface area contributed by atoms with Crippen LogP contribution in [0.5, 0.6) is 0 Å². The van der Waals surface area contributed by atoms with Crippen LogP contribution in [0.15, 0.2) is 18.2 Å². The summed E-state index contributed by atoms with van der Waals surface area (Å²) in [7, 11) is 3.32. The van der Waals surface area contributed by atoms with Crippen LogP contribution < -0.4 is 11.1 Å². The number of aldehydes is 2. The van der Waals surface area contributed by atoms with Gasteiger partial charge in [0.2, 0.25) is 5.91 Å². The zero-order chi connectivity index (χ0) is 18.5. The molecular weight excluding hydrogens is 306 g/mol. The number of rotatable bonds is 8. The highest BCUT2D eigenvalue weighted by atomic mass is 16.2. The molecule has 6 nitrogen and oxygen atoms in total. The minimum absolute atomic E-state index is 0.165. The van der Waals surface area contributed by atoms with Crippen LogP contribution >= 0.6 is 0 Å². The first kappa shape index (κ1) is 21.8. The highest BCUT2D eigenvalue weighted by molar-refractivity contribution is 5.82. The average Bonchev–Trinajstić information content (AvgIpc) is 2.57. The van der Waals surface area contributed by atoms with E-state index in [9.17, 15) is 14.4 Å². The van der Waals surface area contributed by atoms with Gasteiger partial charge in [-0.3, -0.25) is 14.5 Å². The van der Waals surface area contributed by atoms with E-state index in [2.05, 4.69) is 19.2 Å². The highest BCUT2D eigenvalue weighted by Crippen LogP contribution is 2.19. The molecule has 0 radical (unpaired) electrons. The van der Waals surface area contributed by atoms with Gasteiger partial charge in [0.15, 0.2) is 0 Å². The van der Waals surface area contributed by atoms with E-state index in [0.717, 1.165) is 12.6 Å². The lowest BCUT2D eigenvalue weighted by atomic mass is 10.0. The second-order valence-corrected chi connectivity index (χ2v) is 5.53. The van der Waals surface area contributed by atoms with E-state index in [1.807, 2.05) is 0 Å². The Labute approximate surface area is 144 Å². The molecule has 0 saturated carbocycles. The van der Waals surface area contributed by atoms with Gasteiger partial charge in [0.05, 0.1) is 6.04 Å². The molecule has 1 rings (SSSR count). The molecule has 0 spiro atoms. The lowest BCUT2D eigenvalue weighted by Gasteiger charge is -2.27. The summed E-state index contributed by atoms with van der Waals surface area (Å²) < 4.78 is 0. The molecule has 134 valence electrons. The molecule has 0 aliphatic carbocycles. The summed E-state index contributed by atoms with van der Waals surface area (Å²) >= 11 is 0. The van der Waals surface area contributed by atoms with Gasteiger partial charge >= 0.3 is 0 Å². The summed E-state index contributed by atoms with van der Waals surface area (Å²) in [5, 5.41) is 2.59. The Morgan fingerprint density at radius 1 is 1.33 bits per heavy atom. The van der Waals surface area contributed by atoms with Gasteiger partial charge in [0.25, 0.3) is 0 Å². The van der Waals surface area contributed by atoms with Gasteiger partial charge in [-0.05, 0) is 25.1 Å². The number of hydrogen-bond donors (Lipinski definition) is 2. The van der Waals surface area contributed by atoms with Gasteiger partial charge in [-0.25, -0.2) is 0 Å². The number of amides is 1. The summed E-state index contributed by atoms with van der Waals surface area (Å²) in [6.07, 6.45) is 3.51. The van der Waals surface area contributed by atoms with Crippen LogP contribution in [0.3, 0.4) is 0 Å². The molecule has 1 atom stereocenters. The molecule has 0 aliphatic rings. The van der Waals surface area contributed by atoms with E-state index in [1.165, 1.54) is 6.42 Å². The number of nitrogens with one attached hydrogen (secondary N) is 1. The molecular formula is C18H29N3O3. The molecule has 0 aliphatic heterocycles. The van der Waals surface area contributed by atoms with Crippen LogP contribution in [0.2, 0.25) is 0 Å². The number of carbonyl (C=O) groups excluding carboxylic acids is 3. The number of nitrogen functional groups attached to an aromatic ring is 1. The largest absolute Gasteiger partial charge is 0.398 e. The Morgan fingerprint density at radius 3 is 2.46 bits per heavy atom. The third-order valence-corrected chi connectivity index (χ3v) is 3.42. The number of nitrogens with zero attached hydrogens (tertiary/aromatic N) is 1. The van der Waals surface area contributed by atoms with Crippen LogP contribution in [0.1, 0.15) is 49.0 Å². The van der Waals surface area contributed by atoms with Gasteiger partial charge in [0.1, 0.15) is 12.6 Å². The van der Waals surface area contributed by atoms with Gasteiger partial charge in [-0.1, -0.05) is 32.4 Å². The third kappa shape index (κ3) is 6.91. The fraction of sp³-hybridized carbons (Fsp3) is 0.500. The first-order valence-corrected chi connectivity index (χ1v) is 8.14. The topological polar surface area (TPSA) is 92.5 Å². The summed E-state index contributed by atoms with van der Waals surface area (Å²) in [5.41, 5.74) is 7.62. The minimum Gasteiger partial charge on any atom is -0.398 e. The van der Waals surface area contributed by atoms with E-state index in [-0.39, 0.29) is 5.91 Å².